The Bertz CT molecular complexity index is 492. The topological polar surface area (TPSA) is 17.1 Å². The number of halogens is 6. The van der Waals surface area contributed by atoms with Gasteiger partial charge in [-0.15, -0.1) is 0 Å². The first-order valence-corrected chi connectivity index (χ1v) is 6.77. The summed E-state index contributed by atoms with van der Waals surface area (Å²) in [6, 6.07) is 1.06. The number of thioether (sulfide) groups is 1. The molecule has 1 aromatic carbocycles. The molecule has 0 saturated heterocycles. The highest BCUT2D eigenvalue weighted by atomic mass is 32.2. The zero-order chi connectivity index (χ0) is 15.6. The van der Waals surface area contributed by atoms with Gasteiger partial charge in [-0.2, -0.15) is 38.1 Å². The van der Waals surface area contributed by atoms with E-state index >= 15 is 0 Å². The standard InChI is InChI=1S/C12H10F6OS/c1-20-5-4-10(19)8-3-2-7(11(13,14)15)6-9(8)12(16,17)18/h2-3,6H,4-5H2,1H3. The van der Waals surface area contributed by atoms with E-state index in [4.69, 9.17) is 0 Å². The van der Waals surface area contributed by atoms with E-state index in [1.165, 1.54) is 11.8 Å². The van der Waals surface area contributed by atoms with Gasteiger partial charge in [0.1, 0.15) is 0 Å². The van der Waals surface area contributed by atoms with E-state index in [0.29, 0.717) is 17.9 Å². The van der Waals surface area contributed by atoms with E-state index in [1.807, 2.05) is 0 Å². The molecule has 0 radical (unpaired) electrons. The van der Waals surface area contributed by atoms with E-state index in [9.17, 15) is 31.1 Å². The molecule has 0 unspecified atom stereocenters. The second kappa shape index (κ2) is 6.07. The van der Waals surface area contributed by atoms with Crippen molar-refractivity contribution >= 4 is 17.5 Å². The predicted octanol–water partition coefficient (Wildman–Crippen LogP) is 4.66. The summed E-state index contributed by atoms with van der Waals surface area (Å²) in [6.45, 7) is 0. The molecule has 1 nitrogen and oxygen atoms in total. The molecular formula is C12H10F6OS. The lowest BCUT2D eigenvalue weighted by molar-refractivity contribution is -0.143. The number of ketones is 1. The normalized spacial score (nSPS) is 12.6. The highest BCUT2D eigenvalue weighted by Crippen LogP contribution is 2.37. The second-order valence-corrected chi connectivity index (χ2v) is 4.91. The first-order chi connectivity index (χ1) is 9.07. The zero-order valence-corrected chi connectivity index (χ0v) is 11.0. The van der Waals surface area contributed by atoms with Gasteiger partial charge in [0.15, 0.2) is 5.78 Å². The van der Waals surface area contributed by atoms with Gasteiger partial charge in [-0.1, -0.05) is 6.07 Å². The highest BCUT2D eigenvalue weighted by Gasteiger charge is 2.39. The van der Waals surface area contributed by atoms with E-state index in [0.717, 1.165) is 0 Å². The summed E-state index contributed by atoms with van der Waals surface area (Å²) in [5, 5.41) is 0. The van der Waals surface area contributed by atoms with Crippen LogP contribution in [0.4, 0.5) is 26.3 Å². The maximum Gasteiger partial charge on any atom is 0.417 e. The van der Waals surface area contributed by atoms with E-state index < -0.39 is 34.8 Å². The highest BCUT2D eigenvalue weighted by molar-refractivity contribution is 7.98. The van der Waals surface area contributed by atoms with Crippen LogP contribution in [-0.4, -0.2) is 17.8 Å². The maximum atomic E-state index is 12.8. The average Bonchev–Trinajstić information content (AvgIpc) is 2.33. The Labute approximate surface area is 115 Å². The minimum Gasteiger partial charge on any atom is -0.294 e. The summed E-state index contributed by atoms with van der Waals surface area (Å²) < 4.78 is 75.6. The van der Waals surface area contributed by atoms with Crippen LogP contribution in [0.1, 0.15) is 27.9 Å². The van der Waals surface area contributed by atoms with Gasteiger partial charge in [0, 0.05) is 17.7 Å². The fourth-order valence-electron chi connectivity index (χ4n) is 1.53. The smallest absolute Gasteiger partial charge is 0.294 e. The number of benzene rings is 1. The molecule has 0 fully saturated rings. The Morgan fingerprint density at radius 3 is 2.15 bits per heavy atom. The van der Waals surface area contributed by atoms with E-state index in [-0.39, 0.29) is 12.5 Å². The molecule has 1 aromatic rings. The molecule has 0 heterocycles. The summed E-state index contributed by atoms with van der Waals surface area (Å²) in [4.78, 5) is 11.6. The molecule has 0 N–H and O–H groups in total. The van der Waals surface area contributed by atoms with Crippen molar-refractivity contribution in [2.45, 2.75) is 18.8 Å². The average molecular weight is 316 g/mol. The number of Topliss-reactive ketones (excluding diaryl/α,β-unsaturated/α-hetero) is 1. The molecule has 0 saturated carbocycles. The van der Waals surface area contributed by atoms with Crippen molar-refractivity contribution in [2.75, 3.05) is 12.0 Å². The molecule has 0 atom stereocenters. The van der Waals surface area contributed by atoms with Gasteiger partial charge in [0.05, 0.1) is 11.1 Å². The molecule has 0 aliphatic carbocycles. The number of hydrogen-bond donors (Lipinski definition) is 0. The molecule has 0 amide bonds. The molecular weight excluding hydrogens is 306 g/mol. The van der Waals surface area contributed by atoms with Crippen molar-refractivity contribution in [3.63, 3.8) is 0 Å². The molecule has 0 aliphatic heterocycles. The summed E-state index contributed by atoms with van der Waals surface area (Å²) in [7, 11) is 0. The molecule has 8 heteroatoms. The van der Waals surface area contributed by atoms with Crippen molar-refractivity contribution in [2.24, 2.45) is 0 Å². The van der Waals surface area contributed by atoms with Crippen LogP contribution in [0.15, 0.2) is 18.2 Å². The SMILES string of the molecule is CSCCC(=O)c1ccc(C(F)(F)F)cc1C(F)(F)F. The van der Waals surface area contributed by atoms with Gasteiger partial charge in [0.25, 0.3) is 0 Å². The van der Waals surface area contributed by atoms with Crippen LogP contribution in [0.5, 0.6) is 0 Å². The number of carbonyl (C=O) groups is 1. The number of carbonyl (C=O) groups excluding carboxylic acids is 1. The van der Waals surface area contributed by atoms with Crippen LogP contribution < -0.4 is 0 Å². The number of alkyl halides is 6. The van der Waals surface area contributed by atoms with Crippen molar-refractivity contribution in [1.82, 2.24) is 0 Å². The van der Waals surface area contributed by atoms with Gasteiger partial charge < -0.3 is 0 Å². The quantitative estimate of drug-likeness (QED) is 0.593. The molecule has 0 aliphatic rings. The zero-order valence-electron chi connectivity index (χ0n) is 10.2. The minimum absolute atomic E-state index is 0.0215. The molecule has 112 valence electrons. The van der Waals surface area contributed by atoms with Crippen LogP contribution in [0.2, 0.25) is 0 Å². The summed E-state index contributed by atoms with van der Waals surface area (Å²) in [5.41, 5.74) is -3.69. The third-order valence-corrected chi connectivity index (χ3v) is 3.10. The lowest BCUT2D eigenvalue weighted by atomic mass is 9.98. The fraction of sp³-hybridized carbons (Fsp3) is 0.417. The van der Waals surface area contributed by atoms with E-state index in [2.05, 4.69) is 0 Å². The van der Waals surface area contributed by atoms with E-state index in [1.54, 1.807) is 6.26 Å². The molecule has 0 aromatic heterocycles. The molecule has 0 bridgehead atoms. The van der Waals surface area contributed by atoms with Crippen molar-refractivity contribution < 1.29 is 31.1 Å². The van der Waals surface area contributed by atoms with Crippen LogP contribution in [0, 0.1) is 0 Å². The minimum atomic E-state index is -5.01. The third-order valence-electron chi connectivity index (χ3n) is 2.49. The predicted molar refractivity (Wildman–Crippen MR) is 63.8 cm³/mol. The largest absolute Gasteiger partial charge is 0.417 e. The Kier molecular flexibility index (Phi) is 5.12. The van der Waals surface area contributed by atoms with Crippen molar-refractivity contribution in [3.8, 4) is 0 Å². The lowest BCUT2D eigenvalue weighted by Crippen LogP contribution is -2.16. The third kappa shape index (κ3) is 4.16. The Balaban J connectivity index is 3.28. The fourth-order valence-corrected chi connectivity index (χ4v) is 1.92. The van der Waals surface area contributed by atoms with Gasteiger partial charge in [0.2, 0.25) is 0 Å². The van der Waals surface area contributed by atoms with Gasteiger partial charge >= 0.3 is 12.4 Å². The van der Waals surface area contributed by atoms with Crippen molar-refractivity contribution in [1.29, 1.82) is 0 Å². The number of rotatable bonds is 4. The number of hydrogen-bond acceptors (Lipinski definition) is 2. The van der Waals surface area contributed by atoms with Gasteiger partial charge in [-0.05, 0) is 18.4 Å². The molecule has 0 spiro atoms. The Hall–Kier alpha value is -1.18. The Morgan fingerprint density at radius 1 is 1.10 bits per heavy atom. The lowest BCUT2D eigenvalue weighted by Gasteiger charge is -2.15. The molecule has 1 rings (SSSR count). The van der Waals surface area contributed by atoms with Crippen LogP contribution in [0.25, 0.3) is 0 Å². The van der Waals surface area contributed by atoms with Crippen LogP contribution >= 0.6 is 11.8 Å². The monoisotopic (exact) mass is 316 g/mol. The summed E-state index contributed by atoms with van der Waals surface area (Å²) >= 11 is 1.26. The van der Waals surface area contributed by atoms with Gasteiger partial charge in [-0.3, -0.25) is 4.79 Å². The van der Waals surface area contributed by atoms with Crippen LogP contribution in [-0.2, 0) is 12.4 Å². The molecule has 20 heavy (non-hydrogen) atoms. The van der Waals surface area contributed by atoms with Crippen LogP contribution in [0.3, 0.4) is 0 Å². The van der Waals surface area contributed by atoms with Gasteiger partial charge in [-0.25, -0.2) is 0 Å². The maximum absolute atomic E-state index is 12.8. The summed E-state index contributed by atoms with van der Waals surface area (Å²) in [5.74, 6) is -0.516. The van der Waals surface area contributed by atoms with Crippen molar-refractivity contribution in [3.05, 3.63) is 34.9 Å². The first kappa shape index (κ1) is 16.9. The Morgan fingerprint density at radius 2 is 1.70 bits per heavy atom. The first-order valence-electron chi connectivity index (χ1n) is 5.38. The second-order valence-electron chi connectivity index (χ2n) is 3.92. The summed E-state index contributed by atoms with van der Waals surface area (Å²) in [6.07, 6.45) is -8.38.